The molecule has 0 aliphatic carbocycles. The Kier molecular flexibility index (Phi) is 18.0. The maximum atomic E-state index is 14.6. The molecular weight excluding hydrogens is 1020 g/mol. The second kappa shape index (κ2) is 22.3. The molecule has 2 aliphatic heterocycles. The first-order valence-corrected chi connectivity index (χ1v) is 26.7. The molecule has 2 fully saturated rings. The molecule has 0 bridgehead atoms. The number of rotatable bonds is 12. The van der Waals surface area contributed by atoms with Crippen molar-refractivity contribution in [2.75, 3.05) is 56.7 Å². The topological polar surface area (TPSA) is 276 Å². The molecule has 28 heteroatoms. The molecule has 0 radical (unpaired) electrons. The van der Waals surface area contributed by atoms with E-state index in [9.17, 15) is 58.7 Å². The lowest BCUT2D eigenvalue weighted by molar-refractivity contribution is 0.0519. The second-order valence-corrected chi connectivity index (χ2v) is 22.7. The van der Waals surface area contributed by atoms with Crippen LogP contribution in [-0.2, 0) is 43.0 Å². The number of ether oxygens (including phenoxy) is 1. The van der Waals surface area contributed by atoms with Gasteiger partial charge in [0.25, 0.3) is 11.8 Å². The number of β-amino-alcohol motifs (C(OH)–C–C–N with tert-alkyl or cyclic N) is 1. The van der Waals surface area contributed by atoms with Crippen molar-refractivity contribution in [2.45, 2.75) is 47.9 Å². The Morgan fingerprint density at radius 2 is 1.22 bits per heavy atom. The highest BCUT2D eigenvalue weighted by molar-refractivity contribution is 7.89. The van der Waals surface area contributed by atoms with Crippen molar-refractivity contribution in [1.82, 2.24) is 8.61 Å². The normalized spacial score (nSPS) is 19.8. The Balaban J connectivity index is 0.000000251. The SMILES string of the molecule is CP(=O)(O)O[C@H]1CC[C@@H](O)CN(S(=O)(=O)c2cc(C(=O)Nc3ccc(F)c(Cl)c3)ccc2F)C1.Cc1ccc(C(=O)Nc2ccc(F)c(Cl)c2)cc1S(=O)(=O)N1CCOCC(OP(=O)(O)O)C1. The first kappa shape index (κ1) is 54.1. The molecule has 4 atom stereocenters. The molecule has 6 rings (SSSR count). The van der Waals surface area contributed by atoms with Crippen molar-refractivity contribution in [3.63, 3.8) is 0 Å². The van der Waals surface area contributed by atoms with Gasteiger partial charge in [-0.25, -0.2) is 34.6 Å². The van der Waals surface area contributed by atoms with Crippen LogP contribution in [0.5, 0.6) is 0 Å². The van der Waals surface area contributed by atoms with Crippen molar-refractivity contribution in [2.24, 2.45) is 0 Å². The largest absolute Gasteiger partial charge is 0.469 e. The van der Waals surface area contributed by atoms with Gasteiger partial charge >= 0.3 is 15.4 Å². The fourth-order valence-electron chi connectivity index (χ4n) is 6.58. The van der Waals surface area contributed by atoms with Gasteiger partial charge in [0, 0.05) is 55.3 Å². The predicted molar refractivity (Wildman–Crippen MR) is 237 cm³/mol. The number of sulfonamides is 2. The quantitative estimate of drug-likeness (QED) is 0.0922. The number of amides is 2. The molecule has 2 unspecified atom stereocenters. The van der Waals surface area contributed by atoms with Gasteiger partial charge in [0.1, 0.15) is 28.5 Å². The van der Waals surface area contributed by atoms with Gasteiger partial charge in [-0.2, -0.15) is 8.61 Å². The number of aliphatic hydroxyl groups excluding tert-OH is 1. The minimum absolute atomic E-state index is 0.00913. The highest BCUT2D eigenvalue weighted by Crippen LogP contribution is 2.41. The fraction of sp³-hybridized carbons (Fsp3) is 0.333. The van der Waals surface area contributed by atoms with Crippen LogP contribution in [-0.4, -0.2) is 121 Å². The number of phosphoric ester groups is 1. The summed E-state index contributed by atoms with van der Waals surface area (Å²) < 4.78 is 134. The molecule has 2 saturated heterocycles. The molecule has 4 aromatic rings. The Morgan fingerprint density at radius 1 is 0.716 bits per heavy atom. The first-order valence-electron chi connectivity index (χ1n) is 19.5. The molecule has 2 amide bonds. The van der Waals surface area contributed by atoms with Crippen LogP contribution in [0.25, 0.3) is 0 Å². The molecule has 0 aromatic heterocycles. The van der Waals surface area contributed by atoms with Crippen LogP contribution < -0.4 is 10.6 Å². The third kappa shape index (κ3) is 15.1. The van der Waals surface area contributed by atoms with Gasteiger partial charge in [0.15, 0.2) is 0 Å². The summed E-state index contributed by atoms with van der Waals surface area (Å²) in [6.07, 6.45) is -3.10. The van der Waals surface area contributed by atoms with Gasteiger partial charge < -0.3 is 39.7 Å². The summed E-state index contributed by atoms with van der Waals surface area (Å²) in [5, 5.41) is 14.6. The van der Waals surface area contributed by atoms with Crippen LogP contribution in [0.15, 0.2) is 82.6 Å². The zero-order chi connectivity index (χ0) is 49.6. The van der Waals surface area contributed by atoms with Gasteiger partial charge in [0.05, 0.1) is 40.4 Å². The van der Waals surface area contributed by atoms with Crippen LogP contribution in [0, 0.1) is 24.4 Å². The summed E-state index contributed by atoms with van der Waals surface area (Å²) in [7, 11) is -17.6. The van der Waals surface area contributed by atoms with Gasteiger partial charge in [-0.05, 0) is 92.1 Å². The van der Waals surface area contributed by atoms with Gasteiger partial charge in [-0.3, -0.25) is 18.7 Å². The van der Waals surface area contributed by atoms with E-state index in [0.29, 0.717) is 5.56 Å². The second-order valence-electron chi connectivity index (χ2n) is 15.0. The Morgan fingerprint density at radius 3 is 1.76 bits per heavy atom. The monoisotopic (exact) mass is 1060 g/mol. The first-order chi connectivity index (χ1) is 31.1. The van der Waals surface area contributed by atoms with Crippen molar-refractivity contribution in [1.29, 1.82) is 0 Å². The number of anilines is 2. The molecular formula is C39H43Cl2F3N4O15P2S2. The minimum Gasteiger partial charge on any atom is -0.392 e. The van der Waals surface area contributed by atoms with Gasteiger partial charge in [-0.1, -0.05) is 29.3 Å². The molecule has 0 spiro atoms. The molecule has 6 N–H and O–H groups in total. The van der Waals surface area contributed by atoms with Gasteiger partial charge in [0.2, 0.25) is 20.0 Å². The number of nitrogens with zero attached hydrogens (tertiary/aromatic N) is 2. The molecule has 366 valence electrons. The third-order valence-electron chi connectivity index (χ3n) is 9.70. The zero-order valence-electron chi connectivity index (χ0n) is 35.1. The van der Waals surface area contributed by atoms with Crippen LogP contribution in [0.3, 0.4) is 0 Å². The average molecular weight is 1060 g/mol. The number of carbonyl (C=O) groups excluding carboxylic acids is 2. The van der Waals surface area contributed by atoms with E-state index in [4.69, 9.17) is 42.2 Å². The lowest BCUT2D eigenvalue weighted by atomic mass is 10.1. The van der Waals surface area contributed by atoms with Crippen LogP contribution in [0.2, 0.25) is 10.0 Å². The predicted octanol–water partition coefficient (Wildman–Crippen LogP) is 5.75. The fourth-order valence-corrected chi connectivity index (χ4v) is 11.5. The summed E-state index contributed by atoms with van der Waals surface area (Å²) in [4.78, 5) is 51.9. The van der Waals surface area contributed by atoms with Gasteiger partial charge in [-0.15, -0.1) is 0 Å². The van der Waals surface area contributed by atoms with Crippen molar-refractivity contribution in [3.8, 4) is 0 Å². The van der Waals surface area contributed by atoms with E-state index < -0.39 is 101 Å². The third-order valence-corrected chi connectivity index (χ3v) is 15.4. The Labute approximate surface area is 392 Å². The van der Waals surface area contributed by atoms with E-state index in [-0.39, 0.29) is 76.6 Å². The number of phosphoric acid groups is 1. The highest BCUT2D eigenvalue weighted by Gasteiger charge is 2.37. The number of aryl methyl sites for hydroxylation is 1. The summed E-state index contributed by atoms with van der Waals surface area (Å²) in [6, 6.07) is 13.8. The van der Waals surface area contributed by atoms with E-state index in [2.05, 4.69) is 15.2 Å². The average Bonchev–Trinajstić information content (AvgIpc) is 3.58. The van der Waals surface area contributed by atoms with Crippen molar-refractivity contribution >= 4 is 81.9 Å². The maximum Gasteiger partial charge on any atom is 0.469 e. The van der Waals surface area contributed by atoms with E-state index in [1.54, 1.807) is 6.92 Å². The lowest BCUT2D eigenvalue weighted by Crippen LogP contribution is -2.40. The zero-order valence-corrected chi connectivity index (χ0v) is 40.0. The van der Waals surface area contributed by atoms with Crippen molar-refractivity contribution in [3.05, 3.63) is 117 Å². The van der Waals surface area contributed by atoms with E-state index in [1.807, 2.05) is 0 Å². The molecule has 4 aromatic carbocycles. The van der Waals surface area contributed by atoms with Crippen LogP contribution in [0.1, 0.15) is 39.1 Å². The Hall–Kier alpha value is -3.81. The van der Waals surface area contributed by atoms with Crippen LogP contribution >= 0.6 is 38.6 Å². The number of hydrogen-bond acceptors (Lipinski definition) is 12. The highest BCUT2D eigenvalue weighted by atomic mass is 35.5. The molecule has 67 heavy (non-hydrogen) atoms. The molecule has 19 nitrogen and oxygen atoms in total. The van der Waals surface area contributed by atoms with Crippen molar-refractivity contribution < 1.29 is 82.3 Å². The minimum atomic E-state index is -4.86. The molecule has 2 heterocycles. The smallest absolute Gasteiger partial charge is 0.392 e. The number of halogens is 5. The number of aliphatic hydroxyl groups is 1. The maximum absolute atomic E-state index is 14.6. The number of carbonyl (C=O) groups is 2. The van der Waals surface area contributed by atoms with E-state index >= 15 is 0 Å². The van der Waals surface area contributed by atoms with Crippen LogP contribution in [0.4, 0.5) is 24.5 Å². The summed E-state index contributed by atoms with van der Waals surface area (Å²) in [5.41, 5.74) is 0.520. The van der Waals surface area contributed by atoms with E-state index in [1.165, 1.54) is 36.4 Å². The molecule has 2 aliphatic rings. The standard InChI is InChI=1S/C20H22ClF2N2O7PS.C19H21ClFN2O8PS/c1-33(28,29)32-15-5-4-14(26)10-25(11-15)34(30,31)19-8-12(2-6-18(19)23)20(27)24-13-3-7-17(22)16(21)9-13;1-12-2-3-13(19(24)22-14-4-5-17(21)16(20)9-14)8-18(12)33(28,29)23-6-7-30-11-15(10-23)31-32(25,26)27/h2-3,6-9,14-15,26H,4-5,10-11H2,1H3,(H,24,27)(H,28,29);2-5,8-9,15H,6-7,10-11H2,1H3,(H,22,24)(H2,25,26,27)/t14-,15+;/m1./s1. The number of hydrogen-bond donors (Lipinski definition) is 6. The summed E-state index contributed by atoms with van der Waals surface area (Å²) in [6.45, 7) is 1.07. The van der Waals surface area contributed by atoms with E-state index in [0.717, 1.165) is 51.7 Å². The summed E-state index contributed by atoms with van der Waals surface area (Å²) >= 11 is 11.4. The number of nitrogens with one attached hydrogen (secondary N) is 2. The summed E-state index contributed by atoms with van der Waals surface area (Å²) in [5.74, 6) is -3.93. The lowest BCUT2D eigenvalue weighted by Gasteiger charge is -2.25. The number of benzene rings is 4. The molecule has 0 saturated carbocycles. The Bertz CT molecular complexity index is 2830.